The molecule has 2 unspecified atom stereocenters. The molecule has 0 saturated carbocycles. The zero-order valence-electron chi connectivity index (χ0n) is 21.6. The van der Waals surface area contributed by atoms with Crippen molar-refractivity contribution < 1.29 is 14.2 Å². The number of aliphatic imine (C=N–C) groups is 1. The van der Waals surface area contributed by atoms with Crippen molar-refractivity contribution in [2.45, 2.75) is 43.6 Å². The molecule has 35 heavy (non-hydrogen) atoms. The van der Waals surface area contributed by atoms with Gasteiger partial charge < -0.3 is 24.4 Å². The minimum absolute atomic E-state index is 0.279. The lowest BCUT2D eigenvalue weighted by Gasteiger charge is -2.27. The molecule has 6 nitrogen and oxygen atoms in total. The third-order valence-corrected chi connectivity index (χ3v) is 8.32. The number of hydrogen-bond donors (Lipinski definition) is 1. The van der Waals surface area contributed by atoms with Gasteiger partial charge in [-0.05, 0) is 45.3 Å². The minimum Gasteiger partial charge on any atom is -0.488 e. The quantitative estimate of drug-likeness (QED) is 0.244. The third kappa shape index (κ3) is 6.65. The van der Waals surface area contributed by atoms with Crippen molar-refractivity contribution in [2.24, 2.45) is 4.99 Å². The van der Waals surface area contributed by atoms with Crippen molar-refractivity contribution in [1.82, 2.24) is 10.2 Å². The molecular formula is C27H38ClN3O3Si. The second-order valence-electron chi connectivity index (χ2n) is 10.7. The lowest BCUT2D eigenvalue weighted by atomic mass is 10.0. The molecule has 0 aromatic rings. The number of amidine groups is 1. The molecule has 0 amide bonds. The number of hydrogen-bond acceptors (Lipinski definition) is 6. The third-order valence-electron chi connectivity index (χ3n) is 6.24. The molecule has 0 aromatic heterocycles. The highest BCUT2D eigenvalue weighted by atomic mass is 35.5. The van der Waals surface area contributed by atoms with Gasteiger partial charge in [-0.3, -0.25) is 0 Å². The molecule has 0 bridgehead atoms. The van der Waals surface area contributed by atoms with Crippen LogP contribution in [0.2, 0.25) is 25.7 Å². The molecule has 2 aliphatic heterocycles. The van der Waals surface area contributed by atoms with Crippen LogP contribution < -0.4 is 5.32 Å². The molecule has 4 aliphatic rings. The summed E-state index contributed by atoms with van der Waals surface area (Å²) >= 11 is 6.73. The first kappa shape index (κ1) is 26.2. The summed E-state index contributed by atoms with van der Waals surface area (Å²) in [5, 5.41) is 3.31. The predicted molar refractivity (Wildman–Crippen MR) is 147 cm³/mol. The Hall–Kier alpha value is -1.90. The predicted octanol–water partition coefficient (Wildman–Crippen LogP) is 4.78. The SMILES string of the molecule is CN(C)CCCOC(COCC[Si](C)(C)C)C1=NC=C2C(=C3C=C4C=CCOC4=C3C=CC2Cl)N1. The van der Waals surface area contributed by atoms with Crippen LogP contribution in [0.5, 0.6) is 0 Å². The van der Waals surface area contributed by atoms with E-state index in [4.69, 9.17) is 30.8 Å². The normalized spacial score (nSPS) is 22.0. The van der Waals surface area contributed by atoms with Crippen LogP contribution in [0.4, 0.5) is 0 Å². The van der Waals surface area contributed by atoms with Crippen molar-refractivity contribution in [1.29, 1.82) is 0 Å². The zero-order valence-corrected chi connectivity index (χ0v) is 23.3. The average Bonchev–Trinajstić information content (AvgIpc) is 3.12. The van der Waals surface area contributed by atoms with Gasteiger partial charge in [-0.1, -0.05) is 37.9 Å². The molecule has 2 atom stereocenters. The Bertz CT molecular complexity index is 1030. The Labute approximate surface area is 215 Å². The molecule has 8 heteroatoms. The smallest absolute Gasteiger partial charge is 0.138 e. The summed E-state index contributed by atoms with van der Waals surface area (Å²) in [4.78, 5) is 6.92. The van der Waals surface area contributed by atoms with E-state index in [2.05, 4.69) is 62.2 Å². The molecule has 0 spiro atoms. The van der Waals surface area contributed by atoms with Crippen LogP contribution in [0.25, 0.3) is 0 Å². The lowest BCUT2D eigenvalue weighted by molar-refractivity contribution is 0.0180. The largest absolute Gasteiger partial charge is 0.488 e. The van der Waals surface area contributed by atoms with E-state index < -0.39 is 8.07 Å². The molecule has 0 saturated heterocycles. The molecular weight excluding hydrogens is 478 g/mol. The van der Waals surface area contributed by atoms with Crippen LogP contribution in [0.3, 0.4) is 0 Å². The first-order valence-corrected chi connectivity index (χ1v) is 16.6. The van der Waals surface area contributed by atoms with Gasteiger partial charge in [-0.2, -0.15) is 0 Å². The average molecular weight is 516 g/mol. The highest BCUT2D eigenvalue weighted by molar-refractivity contribution is 6.76. The van der Waals surface area contributed by atoms with E-state index in [0.717, 1.165) is 65.2 Å². The number of halogens is 1. The van der Waals surface area contributed by atoms with Gasteiger partial charge in [0.15, 0.2) is 0 Å². The van der Waals surface area contributed by atoms with Gasteiger partial charge >= 0.3 is 0 Å². The van der Waals surface area contributed by atoms with E-state index in [-0.39, 0.29) is 11.5 Å². The van der Waals surface area contributed by atoms with Gasteiger partial charge in [0.05, 0.1) is 17.7 Å². The fourth-order valence-corrected chi connectivity index (χ4v) is 5.23. The van der Waals surface area contributed by atoms with Crippen molar-refractivity contribution in [2.75, 3.05) is 47.1 Å². The second-order valence-corrected chi connectivity index (χ2v) is 16.8. The molecule has 0 fully saturated rings. The van der Waals surface area contributed by atoms with Crippen LogP contribution in [0.1, 0.15) is 6.42 Å². The van der Waals surface area contributed by atoms with Crippen molar-refractivity contribution in [3.8, 4) is 0 Å². The van der Waals surface area contributed by atoms with Crippen molar-refractivity contribution in [3.63, 3.8) is 0 Å². The maximum absolute atomic E-state index is 6.73. The standard InChI is InChI=1S/C27H38ClN3O3Si/c1-31(2)11-7-13-33-24(18-32-14-15-35(3,4)5)27-29-17-22-23(28)10-9-20-21(25(22)30-27)16-19-8-6-12-34-26(19)20/h6,8-10,16-17,23-24H,7,11-15,18H2,1-5H3,(H,29,30). The van der Waals surface area contributed by atoms with E-state index >= 15 is 0 Å². The molecule has 4 rings (SSSR count). The second kappa shape index (κ2) is 11.4. The number of alkyl halides is 1. The van der Waals surface area contributed by atoms with Crippen LogP contribution in [0.15, 0.2) is 75.3 Å². The molecule has 2 aliphatic carbocycles. The van der Waals surface area contributed by atoms with Crippen LogP contribution in [-0.2, 0) is 14.2 Å². The Morgan fingerprint density at radius 3 is 2.83 bits per heavy atom. The highest BCUT2D eigenvalue weighted by Crippen LogP contribution is 2.41. The van der Waals surface area contributed by atoms with E-state index in [9.17, 15) is 0 Å². The van der Waals surface area contributed by atoms with Crippen LogP contribution >= 0.6 is 11.6 Å². The summed E-state index contributed by atoms with van der Waals surface area (Å²) in [5.74, 6) is 1.67. The van der Waals surface area contributed by atoms with E-state index in [1.54, 1.807) is 0 Å². The summed E-state index contributed by atoms with van der Waals surface area (Å²) in [7, 11) is 2.99. The van der Waals surface area contributed by atoms with E-state index in [0.29, 0.717) is 19.8 Å². The summed E-state index contributed by atoms with van der Waals surface area (Å²) < 4.78 is 18.4. The summed E-state index contributed by atoms with van der Waals surface area (Å²) in [6.07, 6.45) is 12.9. The number of nitrogens with one attached hydrogen (secondary N) is 1. The lowest BCUT2D eigenvalue weighted by Crippen LogP contribution is -2.42. The van der Waals surface area contributed by atoms with Gasteiger partial charge in [0.1, 0.15) is 24.3 Å². The van der Waals surface area contributed by atoms with Gasteiger partial charge in [-0.25, -0.2) is 4.99 Å². The fraction of sp³-hybridized carbons (Fsp3) is 0.519. The van der Waals surface area contributed by atoms with Crippen molar-refractivity contribution >= 4 is 25.5 Å². The Kier molecular flexibility index (Phi) is 8.55. The van der Waals surface area contributed by atoms with Gasteiger partial charge in [-0.15, -0.1) is 11.6 Å². The fourth-order valence-electron chi connectivity index (χ4n) is 4.24. The maximum atomic E-state index is 6.73. The van der Waals surface area contributed by atoms with Gasteiger partial charge in [0.2, 0.25) is 0 Å². The maximum Gasteiger partial charge on any atom is 0.138 e. The summed E-state index contributed by atoms with van der Waals surface area (Å²) in [6.45, 7) is 10.5. The Morgan fingerprint density at radius 1 is 1.23 bits per heavy atom. The first-order chi connectivity index (χ1) is 16.7. The highest BCUT2D eigenvalue weighted by Gasteiger charge is 2.33. The minimum atomic E-state index is -1.16. The van der Waals surface area contributed by atoms with Crippen LogP contribution in [0, 0.1) is 0 Å². The van der Waals surface area contributed by atoms with E-state index in [1.807, 2.05) is 18.4 Å². The Balaban J connectivity index is 1.56. The van der Waals surface area contributed by atoms with E-state index in [1.165, 1.54) is 0 Å². The molecule has 0 radical (unpaired) electrons. The topological polar surface area (TPSA) is 55.3 Å². The number of rotatable bonds is 11. The number of nitrogens with zero attached hydrogens (tertiary/aromatic N) is 2. The van der Waals surface area contributed by atoms with Crippen molar-refractivity contribution in [3.05, 3.63) is 70.3 Å². The zero-order chi connectivity index (χ0) is 25.0. The summed E-state index contributed by atoms with van der Waals surface area (Å²) in [6, 6.07) is 1.12. The number of allylic oxidation sites excluding steroid dienone is 7. The molecule has 1 N–H and O–H groups in total. The first-order valence-electron chi connectivity index (χ1n) is 12.4. The van der Waals surface area contributed by atoms with Gasteiger partial charge in [0.25, 0.3) is 0 Å². The van der Waals surface area contributed by atoms with Gasteiger partial charge in [0, 0.05) is 49.8 Å². The Morgan fingerprint density at radius 2 is 2.06 bits per heavy atom. The number of fused-ring (bicyclic) bond motifs is 3. The monoisotopic (exact) mass is 515 g/mol. The molecule has 2 heterocycles. The molecule has 0 aromatic carbocycles. The van der Waals surface area contributed by atoms with Crippen LogP contribution in [-0.4, -0.2) is 77.4 Å². The summed E-state index contributed by atoms with van der Waals surface area (Å²) in [5.41, 5.74) is 5.12. The number of ether oxygens (including phenoxy) is 3. The molecule has 190 valence electrons.